The zero-order valence-corrected chi connectivity index (χ0v) is 10.9. The van der Waals surface area contributed by atoms with Gasteiger partial charge >= 0.3 is 11.9 Å². The number of ether oxygens (including phenoxy) is 1. The number of carbonyl (C=O) groups is 2. The molecule has 0 bridgehead atoms. The fourth-order valence-corrected chi connectivity index (χ4v) is 2.22. The Bertz CT molecular complexity index is 621. The van der Waals surface area contributed by atoms with Crippen molar-refractivity contribution in [1.29, 1.82) is 0 Å². The second-order valence-corrected chi connectivity index (χ2v) is 4.50. The Hall–Kier alpha value is -2.21. The lowest BCUT2D eigenvalue weighted by molar-refractivity contribution is 0.0525. The Balaban J connectivity index is 2.30. The van der Waals surface area contributed by atoms with E-state index in [0.29, 0.717) is 17.9 Å². The minimum Gasteiger partial charge on any atom is -0.478 e. The first-order valence-corrected chi connectivity index (χ1v) is 6.46. The fourth-order valence-electron chi connectivity index (χ4n) is 1.50. The zero-order chi connectivity index (χ0) is 13.8. The van der Waals surface area contributed by atoms with Gasteiger partial charge in [0.25, 0.3) is 0 Å². The van der Waals surface area contributed by atoms with Crippen LogP contribution in [0.3, 0.4) is 0 Å². The van der Waals surface area contributed by atoms with Crippen LogP contribution in [0.2, 0.25) is 0 Å². The Morgan fingerprint density at radius 3 is 2.89 bits per heavy atom. The number of aromatic nitrogens is 1. The van der Waals surface area contributed by atoms with Crippen LogP contribution >= 0.6 is 11.3 Å². The van der Waals surface area contributed by atoms with Gasteiger partial charge in [-0.2, -0.15) is 0 Å². The lowest BCUT2D eigenvalue weighted by Gasteiger charge is -1.99. The molecule has 0 saturated heterocycles. The number of carbonyl (C=O) groups excluding carboxylic acids is 1. The topological polar surface area (TPSA) is 76.5 Å². The Labute approximate surface area is 113 Å². The van der Waals surface area contributed by atoms with E-state index >= 15 is 0 Å². The fraction of sp³-hybridized carbons (Fsp3) is 0.154. The highest BCUT2D eigenvalue weighted by atomic mass is 32.1. The summed E-state index contributed by atoms with van der Waals surface area (Å²) in [7, 11) is 0. The van der Waals surface area contributed by atoms with Crippen LogP contribution in [0.15, 0.2) is 29.6 Å². The van der Waals surface area contributed by atoms with Crippen LogP contribution in [0.1, 0.15) is 27.1 Å². The number of carboxylic acids is 1. The number of aromatic carboxylic acids is 1. The average molecular weight is 277 g/mol. The van der Waals surface area contributed by atoms with Gasteiger partial charge in [-0.1, -0.05) is 12.1 Å². The van der Waals surface area contributed by atoms with E-state index in [1.165, 1.54) is 23.5 Å². The SMILES string of the molecule is CCOC(=O)c1nc(-c2cccc(C(=O)O)c2)cs1. The van der Waals surface area contributed by atoms with Gasteiger partial charge in [0.2, 0.25) is 5.01 Å². The summed E-state index contributed by atoms with van der Waals surface area (Å²) in [4.78, 5) is 26.5. The molecule has 0 unspecified atom stereocenters. The molecule has 1 aromatic heterocycles. The van der Waals surface area contributed by atoms with Crippen molar-refractivity contribution in [3.05, 3.63) is 40.2 Å². The average Bonchev–Trinajstić information content (AvgIpc) is 2.89. The summed E-state index contributed by atoms with van der Waals surface area (Å²) in [5, 5.41) is 10.9. The number of nitrogens with zero attached hydrogens (tertiary/aromatic N) is 1. The monoisotopic (exact) mass is 277 g/mol. The summed E-state index contributed by atoms with van der Waals surface area (Å²) in [5.41, 5.74) is 1.41. The van der Waals surface area contributed by atoms with E-state index in [4.69, 9.17) is 9.84 Å². The quantitative estimate of drug-likeness (QED) is 0.869. The van der Waals surface area contributed by atoms with Crippen LogP contribution < -0.4 is 0 Å². The van der Waals surface area contributed by atoms with E-state index in [1.807, 2.05) is 0 Å². The Morgan fingerprint density at radius 1 is 1.42 bits per heavy atom. The van der Waals surface area contributed by atoms with Gasteiger partial charge in [-0.25, -0.2) is 14.6 Å². The lowest BCUT2D eigenvalue weighted by atomic mass is 10.1. The minimum atomic E-state index is -0.998. The summed E-state index contributed by atoms with van der Waals surface area (Å²) in [6.07, 6.45) is 0. The van der Waals surface area contributed by atoms with E-state index in [-0.39, 0.29) is 10.6 Å². The number of rotatable bonds is 4. The number of hydrogen-bond acceptors (Lipinski definition) is 5. The summed E-state index contributed by atoms with van der Waals surface area (Å²) >= 11 is 1.17. The molecule has 0 aliphatic heterocycles. The number of hydrogen-bond donors (Lipinski definition) is 1. The third-order valence-electron chi connectivity index (χ3n) is 2.36. The molecular formula is C13H11NO4S. The molecule has 6 heteroatoms. The van der Waals surface area contributed by atoms with Crippen LogP contribution in [-0.4, -0.2) is 28.6 Å². The highest BCUT2D eigenvalue weighted by molar-refractivity contribution is 7.11. The second kappa shape index (κ2) is 5.62. The molecule has 0 atom stereocenters. The highest BCUT2D eigenvalue weighted by Gasteiger charge is 2.13. The number of carboxylic acid groups (broad SMARTS) is 1. The molecule has 0 saturated carbocycles. The smallest absolute Gasteiger partial charge is 0.367 e. The van der Waals surface area contributed by atoms with Crippen LogP contribution in [0, 0.1) is 0 Å². The largest absolute Gasteiger partial charge is 0.478 e. The molecule has 98 valence electrons. The van der Waals surface area contributed by atoms with Crippen molar-refractivity contribution in [2.75, 3.05) is 6.61 Å². The van der Waals surface area contributed by atoms with Crippen LogP contribution in [0.25, 0.3) is 11.3 Å². The number of thiazole rings is 1. The molecule has 0 aliphatic rings. The van der Waals surface area contributed by atoms with Crippen molar-refractivity contribution in [2.24, 2.45) is 0 Å². The molecule has 0 spiro atoms. The predicted molar refractivity (Wildman–Crippen MR) is 70.5 cm³/mol. The molecule has 1 aromatic carbocycles. The predicted octanol–water partition coefficient (Wildman–Crippen LogP) is 2.69. The Morgan fingerprint density at radius 2 is 2.21 bits per heavy atom. The molecular weight excluding hydrogens is 266 g/mol. The van der Waals surface area contributed by atoms with Crippen molar-refractivity contribution >= 4 is 23.3 Å². The van der Waals surface area contributed by atoms with Crippen molar-refractivity contribution < 1.29 is 19.4 Å². The summed E-state index contributed by atoms with van der Waals surface area (Å²) in [6.45, 7) is 2.02. The van der Waals surface area contributed by atoms with E-state index in [2.05, 4.69) is 4.98 Å². The van der Waals surface area contributed by atoms with E-state index in [1.54, 1.807) is 24.4 Å². The normalized spacial score (nSPS) is 10.2. The van der Waals surface area contributed by atoms with Gasteiger partial charge in [0.15, 0.2) is 0 Å². The lowest BCUT2D eigenvalue weighted by Crippen LogP contribution is -2.03. The number of benzene rings is 1. The molecule has 1 heterocycles. The highest BCUT2D eigenvalue weighted by Crippen LogP contribution is 2.23. The maximum absolute atomic E-state index is 11.5. The molecule has 19 heavy (non-hydrogen) atoms. The zero-order valence-electron chi connectivity index (χ0n) is 10.1. The van der Waals surface area contributed by atoms with Crippen molar-refractivity contribution in [1.82, 2.24) is 4.98 Å². The molecule has 5 nitrogen and oxygen atoms in total. The van der Waals surface area contributed by atoms with Gasteiger partial charge in [-0.3, -0.25) is 0 Å². The molecule has 0 radical (unpaired) electrons. The van der Waals surface area contributed by atoms with E-state index in [0.717, 1.165) is 0 Å². The third-order valence-corrected chi connectivity index (χ3v) is 3.18. The maximum Gasteiger partial charge on any atom is 0.367 e. The second-order valence-electron chi connectivity index (χ2n) is 3.64. The number of esters is 1. The van der Waals surface area contributed by atoms with Crippen LogP contribution in [-0.2, 0) is 4.74 Å². The first-order valence-electron chi connectivity index (χ1n) is 5.58. The van der Waals surface area contributed by atoms with Crippen LogP contribution in [0.5, 0.6) is 0 Å². The van der Waals surface area contributed by atoms with E-state index < -0.39 is 11.9 Å². The molecule has 2 rings (SSSR count). The molecule has 0 aliphatic carbocycles. The Kier molecular flexibility index (Phi) is 3.91. The van der Waals surface area contributed by atoms with Gasteiger partial charge in [-0.15, -0.1) is 11.3 Å². The van der Waals surface area contributed by atoms with Crippen molar-refractivity contribution in [3.63, 3.8) is 0 Å². The molecule has 0 fully saturated rings. The molecule has 1 N–H and O–H groups in total. The van der Waals surface area contributed by atoms with Gasteiger partial charge in [0, 0.05) is 10.9 Å². The first kappa shape index (κ1) is 13.2. The van der Waals surface area contributed by atoms with Gasteiger partial charge in [-0.05, 0) is 19.1 Å². The van der Waals surface area contributed by atoms with E-state index in [9.17, 15) is 9.59 Å². The van der Waals surface area contributed by atoms with Gasteiger partial charge < -0.3 is 9.84 Å². The van der Waals surface area contributed by atoms with Crippen LogP contribution in [0.4, 0.5) is 0 Å². The molecule has 0 amide bonds. The third kappa shape index (κ3) is 2.97. The first-order chi connectivity index (χ1) is 9.11. The maximum atomic E-state index is 11.5. The van der Waals surface area contributed by atoms with Crippen molar-refractivity contribution in [2.45, 2.75) is 6.92 Å². The standard InChI is InChI=1S/C13H11NO4S/c1-2-18-13(17)11-14-10(7-19-11)8-4-3-5-9(6-8)12(15)16/h3-7H,2H2,1H3,(H,15,16). The summed E-state index contributed by atoms with van der Waals surface area (Å²) < 4.78 is 4.85. The summed E-state index contributed by atoms with van der Waals surface area (Å²) in [6, 6.07) is 6.41. The van der Waals surface area contributed by atoms with Gasteiger partial charge in [0.05, 0.1) is 17.9 Å². The summed E-state index contributed by atoms with van der Waals surface area (Å²) in [5.74, 6) is -1.46. The minimum absolute atomic E-state index is 0.184. The van der Waals surface area contributed by atoms with Crippen molar-refractivity contribution in [3.8, 4) is 11.3 Å². The molecule has 2 aromatic rings. The van der Waals surface area contributed by atoms with Gasteiger partial charge in [0.1, 0.15) is 0 Å².